The first-order valence-electron chi connectivity index (χ1n) is 12.3. The first-order chi connectivity index (χ1) is 14.8. The number of hydrogen-bond acceptors (Lipinski definition) is 3. The molecular weight excluding hydrogens is 368 g/mol. The van der Waals surface area contributed by atoms with E-state index in [-0.39, 0.29) is 0 Å². The van der Waals surface area contributed by atoms with Crippen LogP contribution in [0.4, 0.5) is 0 Å². The molecule has 0 amide bonds. The molecule has 0 unspecified atom stereocenters. The van der Waals surface area contributed by atoms with Crippen LogP contribution in [0.3, 0.4) is 0 Å². The maximum Gasteiger partial charge on any atom is 0.119 e. The van der Waals surface area contributed by atoms with Gasteiger partial charge in [0.05, 0.1) is 24.2 Å². The molecule has 0 aliphatic heterocycles. The van der Waals surface area contributed by atoms with Crippen molar-refractivity contribution in [3.8, 4) is 17.0 Å². The molecule has 1 fully saturated rings. The van der Waals surface area contributed by atoms with Crippen LogP contribution in [0.2, 0.25) is 0 Å². The van der Waals surface area contributed by atoms with Gasteiger partial charge in [-0.1, -0.05) is 65.2 Å². The molecule has 1 aromatic carbocycles. The van der Waals surface area contributed by atoms with Gasteiger partial charge in [-0.25, -0.2) is 0 Å². The van der Waals surface area contributed by atoms with Crippen molar-refractivity contribution in [2.45, 2.75) is 90.9 Å². The minimum absolute atomic E-state index is 0.721. The minimum Gasteiger partial charge on any atom is -0.493 e. The van der Waals surface area contributed by atoms with Crippen LogP contribution in [0.15, 0.2) is 36.7 Å². The van der Waals surface area contributed by atoms with Crippen molar-refractivity contribution in [1.82, 2.24) is 9.97 Å². The maximum absolute atomic E-state index is 6.10. The van der Waals surface area contributed by atoms with Gasteiger partial charge in [-0.05, 0) is 61.8 Å². The van der Waals surface area contributed by atoms with Crippen LogP contribution in [0.1, 0.15) is 90.2 Å². The fourth-order valence-electron chi connectivity index (χ4n) is 4.48. The predicted octanol–water partition coefficient (Wildman–Crippen LogP) is 7.64. The second kappa shape index (κ2) is 12.7. The Morgan fingerprint density at radius 2 is 1.53 bits per heavy atom. The van der Waals surface area contributed by atoms with E-state index >= 15 is 0 Å². The van der Waals surface area contributed by atoms with Crippen LogP contribution in [-0.4, -0.2) is 16.6 Å². The Kier molecular flexibility index (Phi) is 9.66. The van der Waals surface area contributed by atoms with E-state index in [1.165, 1.54) is 70.6 Å². The Hall–Kier alpha value is -1.90. The van der Waals surface area contributed by atoms with Gasteiger partial charge in [0, 0.05) is 11.8 Å². The molecule has 1 aliphatic rings. The largest absolute Gasteiger partial charge is 0.493 e. The van der Waals surface area contributed by atoms with E-state index in [2.05, 4.69) is 48.1 Å². The van der Waals surface area contributed by atoms with Gasteiger partial charge in [0.2, 0.25) is 0 Å². The summed E-state index contributed by atoms with van der Waals surface area (Å²) >= 11 is 0. The molecule has 30 heavy (non-hydrogen) atoms. The summed E-state index contributed by atoms with van der Waals surface area (Å²) in [6, 6.07) is 8.34. The van der Waals surface area contributed by atoms with Crippen molar-refractivity contribution >= 4 is 0 Å². The zero-order valence-corrected chi connectivity index (χ0v) is 19.1. The fourth-order valence-corrected chi connectivity index (χ4v) is 4.48. The minimum atomic E-state index is 0.721. The van der Waals surface area contributed by atoms with Gasteiger partial charge in [-0.15, -0.1) is 0 Å². The van der Waals surface area contributed by atoms with Crippen molar-refractivity contribution in [3.05, 3.63) is 42.4 Å². The quantitative estimate of drug-likeness (QED) is 0.338. The topological polar surface area (TPSA) is 35.0 Å². The Morgan fingerprint density at radius 3 is 2.20 bits per heavy atom. The lowest BCUT2D eigenvalue weighted by molar-refractivity contribution is 0.178. The molecule has 0 saturated heterocycles. The molecule has 2 aromatic rings. The lowest BCUT2D eigenvalue weighted by Crippen LogP contribution is -2.20. The number of nitrogens with zero attached hydrogens (tertiary/aromatic N) is 2. The molecule has 1 aliphatic carbocycles. The van der Waals surface area contributed by atoms with E-state index in [1.807, 2.05) is 12.4 Å². The third-order valence-electron chi connectivity index (χ3n) is 6.56. The first kappa shape index (κ1) is 22.8. The Morgan fingerprint density at radius 1 is 0.800 bits per heavy atom. The van der Waals surface area contributed by atoms with Crippen LogP contribution >= 0.6 is 0 Å². The van der Waals surface area contributed by atoms with Crippen molar-refractivity contribution in [2.75, 3.05) is 6.61 Å². The number of aromatic nitrogens is 2. The Balaban J connectivity index is 1.41. The molecule has 3 nitrogen and oxygen atoms in total. The van der Waals surface area contributed by atoms with Crippen LogP contribution in [0, 0.1) is 11.8 Å². The molecule has 3 rings (SSSR count). The van der Waals surface area contributed by atoms with Crippen LogP contribution in [0.25, 0.3) is 11.3 Å². The summed E-state index contributed by atoms with van der Waals surface area (Å²) in [5, 5.41) is 0. The molecule has 1 aromatic heterocycles. The molecule has 0 atom stereocenters. The highest BCUT2D eigenvalue weighted by Gasteiger charge is 2.21. The van der Waals surface area contributed by atoms with Crippen LogP contribution in [-0.2, 0) is 6.42 Å². The van der Waals surface area contributed by atoms with Crippen molar-refractivity contribution < 1.29 is 4.74 Å². The summed E-state index contributed by atoms with van der Waals surface area (Å²) in [4.78, 5) is 9.23. The first-order valence-corrected chi connectivity index (χ1v) is 12.3. The van der Waals surface area contributed by atoms with Crippen molar-refractivity contribution in [2.24, 2.45) is 11.8 Å². The van der Waals surface area contributed by atoms with E-state index in [0.29, 0.717) is 0 Å². The van der Waals surface area contributed by atoms with Crippen LogP contribution in [0.5, 0.6) is 5.75 Å². The molecule has 3 heteroatoms. The van der Waals surface area contributed by atoms with Crippen molar-refractivity contribution in [3.63, 3.8) is 0 Å². The summed E-state index contributed by atoms with van der Waals surface area (Å²) in [5.74, 6) is 2.65. The second-order valence-electron chi connectivity index (χ2n) is 9.07. The normalized spacial score (nSPS) is 19.0. The number of unbranched alkanes of at least 4 members (excludes halogenated alkanes) is 4. The zero-order valence-electron chi connectivity index (χ0n) is 19.1. The van der Waals surface area contributed by atoms with Gasteiger partial charge in [0.15, 0.2) is 0 Å². The van der Waals surface area contributed by atoms with Gasteiger partial charge in [-0.3, -0.25) is 9.97 Å². The Bertz CT molecular complexity index is 703. The fraction of sp³-hybridized carbons (Fsp3) is 0.630. The van der Waals surface area contributed by atoms with Gasteiger partial charge in [0.1, 0.15) is 5.75 Å². The molecule has 0 spiro atoms. The summed E-state index contributed by atoms with van der Waals surface area (Å²) in [6.45, 7) is 5.39. The molecule has 0 bridgehead atoms. The molecule has 1 heterocycles. The van der Waals surface area contributed by atoms with Gasteiger partial charge in [0.25, 0.3) is 0 Å². The van der Waals surface area contributed by atoms with E-state index in [1.54, 1.807) is 0 Å². The van der Waals surface area contributed by atoms with Gasteiger partial charge < -0.3 is 4.74 Å². The number of rotatable bonds is 12. The van der Waals surface area contributed by atoms with E-state index in [4.69, 9.17) is 4.74 Å². The third kappa shape index (κ3) is 7.41. The van der Waals surface area contributed by atoms with E-state index < -0.39 is 0 Å². The average molecular weight is 409 g/mol. The number of aryl methyl sites for hydroxylation is 1. The molecule has 0 N–H and O–H groups in total. The Labute approximate surface area is 183 Å². The highest BCUT2D eigenvalue weighted by Crippen LogP contribution is 2.32. The average Bonchev–Trinajstić information content (AvgIpc) is 2.81. The molecule has 1 saturated carbocycles. The highest BCUT2D eigenvalue weighted by atomic mass is 16.5. The monoisotopic (exact) mass is 408 g/mol. The maximum atomic E-state index is 6.10. The SMILES string of the molecule is CCCCCCc1cnc(-c2ccc(OCC3CCC(CCCC)CC3)cc2)cn1. The predicted molar refractivity (Wildman–Crippen MR) is 126 cm³/mol. The lowest BCUT2D eigenvalue weighted by Gasteiger charge is -2.28. The summed E-state index contributed by atoms with van der Waals surface area (Å²) in [7, 11) is 0. The molecular formula is C27H40N2O. The number of ether oxygens (including phenoxy) is 1. The highest BCUT2D eigenvalue weighted by molar-refractivity contribution is 5.58. The van der Waals surface area contributed by atoms with Crippen molar-refractivity contribution in [1.29, 1.82) is 0 Å². The third-order valence-corrected chi connectivity index (χ3v) is 6.56. The number of hydrogen-bond donors (Lipinski definition) is 0. The summed E-state index contributed by atoms with van der Waals surface area (Å²) in [5.41, 5.74) is 3.13. The zero-order chi connectivity index (χ0) is 21.0. The summed E-state index contributed by atoms with van der Waals surface area (Å²) in [6.07, 6.45) is 19.5. The second-order valence-corrected chi connectivity index (χ2v) is 9.07. The number of benzene rings is 1. The van der Waals surface area contributed by atoms with E-state index in [9.17, 15) is 0 Å². The van der Waals surface area contributed by atoms with Gasteiger partial charge >= 0.3 is 0 Å². The standard InChI is InChI=1S/C27H40N2O/c1-3-5-7-8-10-25-19-29-27(20-28-25)24-15-17-26(18-16-24)30-21-23-13-11-22(12-14-23)9-6-4-2/h15-20,22-23H,3-14,21H2,1-2H3. The smallest absolute Gasteiger partial charge is 0.119 e. The van der Waals surface area contributed by atoms with Crippen LogP contribution < -0.4 is 4.74 Å². The summed E-state index contributed by atoms with van der Waals surface area (Å²) < 4.78 is 6.10. The molecule has 0 radical (unpaired) electrons. The lowest BCUT2D eigenvalue weighted by atomic mass is 9.80. The van der Waals surface area contributed by atoms with Gasteiger partial charge in [-0.2, -0.15) is 0 Å². The molecule has 164 valence electrons. The van der Waals surface area contributed by atoms with E-state index in [0.717, 1.165) is 47.6 Å².